The van der Waals surface area contributed by atoms with Crippen LogP contribution in [0.2, 0.25) is 10.0 Å². The largest absolute Gasteiger partial charge is 0.353 e. The minimum absolute atomic E-state index is 0.00369. The smallest absolute Gasteiger partial charge is 0.253 e. The summed E-state index contributed by atoms with van der Waals surface area (Å²) in [6, 6.07) is 4.66. The molecule has 0 saturated heterocycles. The Kier molecular flexibility index (Phi) is 9.85. The molecule has 2 amide bonds. The number of nitrogens with zero attached hydrogens (tertiary/aromatic N) is 3. The highest BCUT2D eigenvalue weighted by molar-refractivity contribution is 7.99. The summed E-state index contributed by atoms with van der Waals surface area (Å²) in [4.78, 5) is 25.4. The third-order valence-electron chi connectivity index (χ3n) is 5.61. The second kappa shape index (κ2) is 12.6. The predicted molar refractivity (Wildman–Crippen MR) is 137 cm³/mol. The molecule has 10 heteroatoms. The molecule has 0 bridgehead atoms. The fraction of sp³-hybridized carbons (Fsp3) is 0.500. The number of carbonyl (C=O) groups is 2. The van der Waals surface area contributed by atoms with E-state index < -0.39 is 6.04 Å². The van der Waals surface area contributed by atoms with Gasteiger partial charge in [0.1, 0.15) is 0 Å². The van der Waals surface area contributed by atoms with Crippen LogP contribution < -0.4 is 10.6 Å². The molecule has 2 aromatic rings. The fourth-order valence-electron chi connectivity index (χ4n) is 4.04. The summed E-state index contributed by atoms with van der Waals surface area (Å²) in [5.41, 5.74) is 0.341. The van der Waals surface area contributed by atoms with Gasteiger partial charge in [-0.15, -0.1) is 16.8 Å². The zero-order chi connectivity index (χ0) is 24.7. The Hall–Kier alpha value is -2.03. The van der Waals surface area contributed by atoms with Crippen molar-refractivity contribution in [3.63, 3.8) is 0 Å². The first-order valence-corrected chi connectivity index (χ1v) is 13.2. The van der Waals surface area contributed by atoms with Gasteiger partial charge in [-0.3, -0.25) is 9.59 Å². The summed E-state index contributed by atoms with van der Waals surface area (Å²) in [6.07, 6.45) is 6.82. The number of amides is 2. The van der Waals surface area contributed by atoms with Gasteiger partial charge >= 0.3 is 0 Å². The molecule has 184 valence electrons. The maximum Gasteiger partial charge on any atom is 0.253 e. The van der Waals surface area contributed by atoms with Crippen LogP contribution in [0.3, 0.4) is 0 Å². The lowest BCUT2D eigenvalue weighted by Crippen LogP contribution is -2.34. The number of thioether (sulfide) groups is 1. The Balaban J connectivity index is 1.77. The van der Waals surface area contributed by atoms with Gasteiger partial charge in [0.05, 0.1) is 22.4 Å². The molecule has 1 saturated carbocycles. The van der Waals surface area contributed by atoms with Crippen LogP contribution in [-0.2, 0) is 11.3 Å². The molecule has 2 N–H and O–H groups in total. The van der Waals surface area contributed by atoms with Crippen molar-refractivity contribution in [3.05, 3.63) is 52.3 Å². The van der Waals surface area contributed by atoms with E-state index in [4.69, 9.17) is 23.2 Å². The van der Waals surface area contributed by atoms with E-state index in [2.05, 4.69) is 41.3 Å². The first kappa shape index (κ1) is 26.6. The van der Waals surface area contributed by atoms with Crippen LogP contribution in [0.15, 0.2) is 36.0 Å². The fourth-order valence-corrected chi connectivity index (χ4v) is 5.31. The molecule has 0 unspecified atom stereocenters. The molecule has 1 aromatic heterocycles. The molecule has 1 aromatic carbocycles. The summed E-state index contributed by atoms with van der Waals surface area (Å²) in [6.45, 7) is 8.46. The topological polar surface area (TPSA) is 88.9 Å². The van der Waals surface area contributed by atoms with E-state index in [0.29, 0.717) is 34.5 Å². The molecule has 1 aliphatic rings. The summed E-state index contributed by atoms with van der Waals surface area (Å²) >= 11 is 13.6. The second-order valence-corrected chi connectivity index (χ2v) is 10.6. The summed E-state index contributed by atoms with van der Waals surface area (Å²) in [7, 11) is 0. The van der Waals surface area contributed by atoms with E-state index in [1.807, 2.05) is 4.57 Å². The number of hydrogen-bond acceptors (Lipinski definition) is 5. The number of aromatic nitrogens is 3. The molecule has 3 rings (SSSR count). The zero-order valence-corrected chi connectivity index (χ0v) is 21.8. The van der Waals surface area contributed by atoms with Crippen molar-refractivity contribution in [2.75, 3.05) is 5.75 Å². The van der Waals surface area contributed by atoms with E-state index in [1.165, 1.54) is 24.6 Å². The minimum Gasteiger partial charge on any atom is -0.353 e. The Morgan fingerprint density at radius 2 is 2.00 bits per heavy atom. The lowest BCUT2D eigenvalue weighted by Gasteiger charge is -2.21. The minimum atomic E-state index is -0.395. The number of nitrogens with one attached hydrogen (secondary N) is 2. The highest BCUT2D eigenvalue weighted by atomic mass is 35.5. The standard InChI is InChI=1S/C24H31Cl2N5O2S/c1-4-11-31-22(29-30-24(31)34-14-21(32)27-17-7-5-6-8-17)20(12-15(2)3)28-23(33)18-10-9-16(25)13-19(18)26/h4,9-10,13,15,17,20H,1,5-8,11-12,14H2,2-3H3,(H,27,32)(H,28,33)/t20-/m0/s1. The molecular formula is C24H31Cl2N5O2S. The van der Waals surface area contributed by atoms with Gasteiger partial charge in [0, 0.05) is 17.6 Å². The Labute approximate surface area is 215 Å². The van der Waals surface area contributed by atoms with Gasteiger partial charge in [-0.25, -0.2) is 0 Å². The quantitative estimate of drug-likeness (QED) is 0.302. The van der Waals surface area contributed by atoms with Gasteiger partial charge in [-0.1, -0.05) is 67.7 Å². The van der Waals surface area contributed by atoms with E-state index in [0.717, 1.165) is 12.8 Å². The van der Waals surface area contributed by atoms with Crippen molar-refractivity contribution >= 4 is 46.8 Å². The van der Waals surface area contributed by atoms with Gasteiger partial charge in [0.25, 0.3) is 5.91 Å². The average Bonchev–Trinajstić information content (AvgIpc) is 3.41. The molecule has 1 atom stereocenters. The maximum atomic E-state index is 13.0. The van der Waals surface area contributed by atoms with Gasteiger partial charge in [-0.05, 0) is 43.4 Å². The number of benzene rings is 1. The molecule has 1 aliphatic carbocycles. The van der Waals surface area contributed by atoms with Crippen molar-refractivity contribution in [2.24, 2.45) is 5.92 Å². The molecule has 0 aliphatic heterocycles. The van der Waals surface area contributed by atoms with Crippen LogP contribution >= 0.6 is 35.0 Å². The van der Waals surface area contributed by atoms with Crippen molar-refractivity contribution in [2.45, 2.75) is 69.7 Å². The van der Waals surface area contributed by atoms with E-state index in [9.17, 15) is 9.59 Å². The molecular weight excluding hydrogens is 493 g/mol. The lowest BCUT2D eigenvalue weighted by atomic mass is 10.0. The first-order valence-electron chi connectivity index (χ1n) is 11.5. The van der Waals surface area contributed by atoms with Gasteiger partial charge in [-0.2, -0.15) is 0 Å². The van der Waals surface area contributed by atoms with E-state index in [1.54, 1.807) is 24.3 Å². The number of hydrogen-bond donors (Lipinski definition) is 2. The van der Waals surface area contributed by atoms with Crippen molar-refractivity contribution in [1.82, 2.24) is 25.4 Å². The highest BCUT2D eigenvalue weighted by Crippen LogP contribution is 2.27. The monoisotopic (exact) mass is 523 g/mol. The highest BCUT2D eigenvalue weighted by Gasteiger charge is 2.26. The number of halogens is 2. The number of allylic oxidation sites excluding steroid dienone is 1. The normalized spacial score (nSPS) is 14.9. The van der Waals surface area contributed by atoms with Crippen molar-refractivity contribution < 1.29 is 9.59 Å². The van der Waals surface area contributed by atoms with Crippen LogP contribution in [0.1, 0.15) is 68.2 Å². The Bertz CT molecular complexity index is 1020. The Morgan fingerprint density at radius 1 is 1.26 bits per heavy atom. The van der Waals surface area contributed by atoms with E-state index in [-0.39, 0.29) is 34.5 Å². The van der Waals surface area contributed by atoms with Crippen LogP contribution in [0, 0.1) is 5.92 Å². The Morgan fingerprint density at radius 3 is 2.65 bits per heavy atom. The molecule has 1 heterocycles. The molecule has 0 spiro atoms. The van der Waals surface area contributed by atoms with Crippen LogP contribution in [-0.4, -0.2) is 38.4 Å². The van der Waals surface area contributed by atoms with Gasteiger partial charge < -0.3 is 15.2 Å². The first-order chi connectivity index (χ1) is 16.3. The SMILES string of the molecule is C=CCn1c(SCC(=O)NC2CCCC2)nnc1[C@H](CC(C)C)NC(=O)c1ccc(Cl)cc1Cl. The second-order valence-electron chi connectivity index (χ2n) is 8.86. The van der Waals surface area contributed by atoms with Crippen LogP contribution in [0.4, 0.5) is 0 Å². The van der Waals surface area contributed by atoms with Crippen LogP contribution in [0.5, 0.6) is 0 Å². The third kappa shape index (κ3) is 7.23. The zero-order valence-electron chi connectivity index (χ0n) is 19.5. The molecule has 34 heavy (non-hydrogen) atoms. The summed E-state index contributed by atoms with van der Waals surface area (Å²) < 4.78 is 1.90. The van der Waals surface area contributed by atoms with E-state index >= 15 is 0 Å². The van der Waals surface area contributed by atoms with Crippen LogP contribution in [0.25, 0.3) is 0 Å². The van der Waals surface area contributed by atoms with Crippen molar-refractivity contribution in [3.8, 4) is 0 Å². The molecule has 0 radical (unpaired) electrons. The summed E-state index contributed by atoms with van der Waals surface area (Å²) in [5, 5.41) is 16.2. The maximum absolute atomic E-state index is 13.0. The van der Waals surface area contributed by atoms with Gasteiger partial charge in [0.15, 0.2) is 11.0 Å². The predicted octanol–water partition coefficient (Wildman–Crippen LogP) is 5.44. The van der Waals surface area contributed by atoms with Gasteiger partial charge in [0.2, 0.25) is 5.91 Å². The number of carbonyl (C=O) groups excluding carboxylic acids is 2. The molecule has 1 fully saturated rings. The third-order valence-corrected chi connectivity index (χ3v) is 7.12. The number of rotatable bonds is 11. The average molecular weight is 525 g/mol. The molecule has 7 nitrogen and oxygen atoms in total. The lowest BCUT2D eigenvalue weighted by molar-refractivity contribution is -0.119. The van der Waals surface area contributed by atoms with Crippen molar-refractivity contribution in [1.29, 1.82) is 0 Å². The summed E-state index contributed by atoms with van der Waals surface area (Å²) in [5.74, 6) is 0.841.